The third kappa shape index (κ3) is 3.82. The van der Waals surface area contributed by atoms with Crippen LogP contribution in [0.3, 0.4) is 0 Å². The highest BCUT2D eigenvalue weighted by Gasteiger charge is 2.23. The number of amides is 1. The molecule has 1 aliphatic rings. The van der Waals surface area contributed by atoms with Gasteiger partial charge in [-0.1, -0.05) is 13.8 Å². The molecule has 0 atom stereocenters. The van der Waals surface area contributed by atoms with E-state index in [9.17, 15) is 4.79 Å². The van der Waals surface area contributed by atoms with Crippen molar-refractivity contribution in [1.29, 1.82) is 0 Å². The summed E-state index contributed by atoms with van der Waals surface area (Å²) in [5, 5.41) is 3.19. The van der Waals surface area contributed by atoms with Crippen LogP contribution in [0, 0.1) is 11.8 Å². The molecular formula is C12H24N2O. The summed E-state index contributed by atoms with van der Waals surface area (Å²) in [6.45, 7) is 6.99. The van der Waals surface area contributed by atoms with Crippen LogP contribution in [0.5, 0.6) is 0 Å². The van der Waals surface area contributed by atoms with Gasteiger partial charge in [0.05, 0.1) is 0 Å². The summed E-state index contributed by atoms with van der Waals surface area (Å²) in [4.78, 5) is 13.8. The molecule has 1 saturated heterocycles. The Morgan fingerprint density at radius 1 is 1.40 bits per heavy atom. The fourth-order valence-electron chi connectivity index (χ4n) is 2.16. The first-order valence-corrected chi connectivity index (χ1v) is 6.08. The van der Waals surface area contributed by atoms with E-state index in [0.717, 1.165) is 25.6 Å². The van der Waals surface area contributed by atoms with Crippen molar-refractivity contribution in [3.63, 3.8) is 0 Å². The fraction of sp³-hybridized carbons (Fsp3) is 0.917. The molecule has 1 aliphatic heterocycles. The summed E-state index contributed by atoms with van der Waals surface area (Å²) in [7, 11) is 2.00. The first-order valence-electron chi connectivity index (χ1n) is 6.08. The first kappa shape index (κ1) is 12.5. The lowest BCUT2D eigenvalue weighted by molar-refractivity contribution is -0.135. The molecule has 0 saturated carbocycles. The molecule has 0 bridgehead atoms. The van der Waals surface area contributed by atoms with Crippen molar-refractivity contribution in [2.45, 2.75) is 33.1 Å². The SMILES string of the molecule is CNCCC1CCN(C(=O)C(C)C)CC1. The number of nitrogens with one attached hydrogen (secondary N) is 1. The van der Waals surface area contributed by atoms with Crippen molar-refractivity contribution in [1.82, 2.24) is 10.2 Å². The lowest BCUT2D eigenvalue weighted by atomic mass is 9.93. The highest BCUT2D eigenvalue weighted by Crippen LogP contribution is 2.21. The smallest absolute Gasteiger partial charge is 0.225 e. The second-order valence-electron chi connectivity index (χ2n) is 4.82. The van der Waals surface area contributed by atoms with E-state index in [-0.39, 0.29) is 5.92 Å². The maximum absolute atomic E-state index is 11.7. The fourth-order valence-corrected chi connectivity index (χ4v) is 2.16. The van der Waals surface area contributed by atoms with Gasteiger partial charge in [-0.15, -0.1) is 0 Å². The van der Waals surface area contributed by atoms with Gasteiger partial charge in [-0.25, -0.2) is 0 Å². The van der Waals surface area contributed by atoms with E-state index >= 15 is 0 Å². The Hall–Kier alpha value is -0.570. The zero-order valence-electron chi connectivity index (χ0n) is 10.3. The summed E-state index contributed by atoms with van der Waals surface area (Å²) in [6.07, 6.45) is 3.61. The van der Waals surface area contributed by atoms with E-state index < -0.39 is 0 Å². The Balaban J connectivity index is 2.26. The van der Waals surface area contributed by atoms with Crippen LogP contribution in [0.2, 0.25) is 0 Å². The van der Waals surface area contributed by atoms with Gasteiger partial charge in [0, 0.05) is 19.0 Å². The van der Waals surface area contributed by atoms with E-state index in [1.54, 1.807) is 0 Å². The average Bonchev–Trinajstić information content (AvgIpc) is 2.26. The molecule has 0 aromatic carbocycles. The Labute approximate surface area is 93.2 Å². The summed E-state index contributed by atoms with van der Waals surface area (Å²) in [6, 6.07) is 0. The maximum atomic E-state index is 11.7. The van der Waals surface area contributed by atoms with E-state index in [2.05, 4.69) is 5.32 Å². The average molecular weight is 212 g/mol. The predicted octanol–water partition coefficient (Wildman–Crippen LogP) is 1.49. The van der Waals surface area contributed by atoms with E-state index in [1.807, 2.05) is 25.8 Å². The summed E-state index contributed by atoms with van der Waals surface area (Å²) >= 11 is 0. The van der Waals surface area contributed by atoms with Gasteiger partial charge in [0.25, 0.3) is 0 Å². The molecule has 1 fully saturated rings. The molecule has 0 radical (unpaired) electrons. The van der Waals surface area contributed by atoms with Gasteiger partial charge < -0.3 is 10.2 Å². The van der Waals surface area contributed by atoms with Crippen LogP contribution in [-0.2, 0) is 4.79 Å². The molecule has 1 amide bonds. The minimum Gasteiger partial charge on any atom is -0.342 e. The lowest BCUT2D eigenvalue weighted by Crippen LogP contribution is -2.40. The van der Waals surface area contributed by atoms with Crippen LogP contribution in [-0.4, -0.2) is 37.5 Å². The maximum Gasteiger partial charge on any atom is 0.225 e. The molecule has 88 valence electrons. The Kier molecular flexibility index (Phi) is 5.09. The first-order chi connectivity index (χ1) is 7.15. The second-order valence-corrected chi connectivity index (χ2v) is 4.82. The van der Waals surface area contributed by atoms with E-state index in [0.29, 0.717) is 5.91 Å². The zero-order chi connectivity index (χ0) is 11.3. The zero-order valence-corrected chi connectivity index (χ0v) is 10.3. The minimum absolute atomic E-state index is 0.152. The summed E-state index contributed by atoms with van der Waals surface area (Å²) in [5.41, 5.74) is 0. The molecule has 0 aromatic heterocycles. The predicted molar refractivity (Wildman–Crippen MR) is 62.7 cm³/mol. The van der Waals surface area contributed by atoms with Crippen molar-refractivity contribution in [2.75, 3.05) is 26.7 Å². The Morgan fingerprint density at radius 2 is 2.00 bits per heavy atom. The summed E-state index contributed by atoms with van der Waals surface area (Å²) in [5.74, 6) is 1.29. The van der Waals surface area contributed by atoms with Crippen molar-refractivity contribution in [3.05, 3.63) is 0 Å². The molecule has 0 unspecified atom stereocenters. The van der Waals surface area contributed by atoms with Crippen molar-refractivity contribution < 1.29 is 4.79 Å². The Bertz CT molecular complexity index is 196. The third-order valence-electron chi connectivity index (χ3n) is 3.22. The number of hydrogen-bond donors (Lipinski definition) is 1. The van der Waals surface area contributed by atoms with Gasteiger partial charge in [-0.2, -0.15) is 0 Å². The van der Waals surface area contributed by atoms with Gasteiger partial charge in [-0.3, -0.25) is 4.79 Å². The number of likely N-dealkylation sites (tertiary alicyclic amines) is 1. The molecule has 1 heterocycles. The monoisotopic (exact) mass is 212 g/mol. The van der Waals surface area contributed by atoms with Gasteiger partial charge in [0.1, 0.15) is 0 Å². The number of carbonyl (C=O) groups is 1. The van der Waals surface area contributed by atoms with Crippen LogP contribution in [0.1, 0.15) is 33.1 Å². The number of carbonyl (C=O) groups excluding carboxylic acids is 1. The normalized spacial score (nSPS) is 18.5. The molecule has 15 heavy (non-hydrogen) atoms. The quantitative estimate of drug-likeness (QED) is 0.766. The van der Waals surface area contributed by atoms with Gasteiger partial charge >= 0.3 is 0 Å². The Morgan fingerprint density at radius 3 is 2.47 bits per heavy atom. The second kappa shape index (κ2) is 6.11. The molecule has 1 rings (SSSR count). The van der Waals surface area contributed by atoms with E-state index in [4.69, 9.17) is 0 Å². The van der Waals surface area contributed by atoms with E-state index in [1.165, 1.54) is 19.3 Å². The molecule has 3 nitrogen and oxygen atoms in total. The third-order valence-corrected chi connectivity index (χ3v) is 3.22. The van der Waals surface area contributed by atoms with Crippen LogP contribution in [0.25, 0.3) is 0 Å². The van der Waals surface area contributed by atoms with Gasteiger partial charge in [-0.05, 0) is 38.8 Å². The molecule has 3 heteroatoms. The summed E-state index contributed by atoms with van der Waals surface area (Å²) < 4.78 is 0. The largest absolute Gasteiger partial charge is 0.342 e. The molecular weight excluding hydrogens is 188 g/mol. The van der Waals surface area contributed by atoms with Crippen molar-refractivity contribution in [3.8, 4) is 0 Å². The van der Waals surface area contributed by atoms with Crippen molar-refractivity contribution in [2.24, 2.45) is 11.8 Å². The number of nitrogens with zero attached hydrogens (tertiary/aromatic N) is 1. The van der Waals surface area contributed by atoms with Crippen LogP contribution in [0.4, 0.5) is 0 Å². The van der Waals surface area contributed by atoms with Gasteiger partial charge in [0.15, 0.2) is 0 Å². The van der Waals surface area contributed by atoms with Crippen LogP contribution in [0.15, 0.2) is 0 Å². The molecule has 0 aromatic rings. The lowest BCUT2D eigenvalue weighted by Gasteiger charge is -2.33. The number of piperidine rings is 1. The molecule has 0 aliphatic carbocycles. The standard InChI is InChI=1S/C12H24N2O/c1-10(2)12(15)14-8-5-11(6-9-14)4-7-13-3/h10-11,13H,4-9H2,1-3H3. The number of rotatable bonds is 4. The molecule has 1 N–H and O–H groups in total. The van der Waals surface area contributed by atoms with Crippen molar-refractivity contribution >= 4 is 5.91 Å². The highest BCUT2D eigenvalue weighted by atomic mass is 16.2. The number of hydrogen-bond acceptors (Lipinski definition) is 2. The topological polar surface area (TPSA) is 32.3 Å². The van der Waals surface area contributed by atoms with Crippen LogP contribution >= 0.6 is 0 Å². The van der Waals surface area contributed by atoms with Gasteiger partial charge in [0.2, 0.25) is 5.91 Å². The van der Waals surface area contributed by atoms with Crippen LogP contribution < -0.4 is 5.32 Å². The minimum atomic E-state index is 0.152. The molecule has 0 spiro atoms. The highest BCUT2D eigenvalue weighted by molar-refractivity contribution is 5.78.